The Bertz CT molecular complexity index is 859. The molecule has 142 valence electrons. The van der Waals surface area contributed by atoms with Crippen LogP contribution in [0.2, 0.25) is 0 Å². The molecule has 1 aliphatic heterocycles. The Balaban J connectivity index is 1.38. The number of morpholine rings is 1. The van der Waals surface area contributed by atoms with Crippen molar-refractivity contribution in [3.8, 4) is 11.3 Å². The molecule has 2 heterocycles. The topological polar surface area (TPSA) is 86.7 Å². The molecule has 8 heteroatoms. The molecule has 0 atom stereocenters. The third kappa shape index (κ3) is 4.19. The monoisotopic (exact) mass is 386 g/mol. The molecule has 0 spiro atoms. The zero-order valence-electron chi connectivity index (χ0n) is 14.9. The van der Waals surface area contributed by atoms with E-state index in [1.807, 2.05) is 6.07 Å². The summed E-state index contributed by atoms with van der Waals surface area (Å²) in [6, 6.07) is 6.07. The Morgan fingerprint density at radius 3 is 3.04 bits per heavy atom. The first-order valence-electron chi connectivity index (χ1n) is 9.02. The van der Waals surface area contributed by atoms with Crippen LogP contribution in [0.15, 0.2) is 24.3 Å². The minimum absolute atomic E-state index is 0.538. The number of nitrogens with zero attached hydrogens (tertiary/aromatic N) is 2. The van der Waals surface area contributed by atoms with Crippen LogP contribution in [0.4, 0.5) is 5.13 Å². The van der Waals surface area contributed by atoms with Crippen LogP contribution in [0.5, 0.6) is 0 Å². The van der Waals surface area contributed by atoms with E-state index >= 15 is 0 Å². The maximum absolute atomic E-state index is 11.1. The summed E-state index contributed by atoms with van der Waals surface area (Å²) in [7, 11) is 0. The number of fused-ring (bicyclic) bond motifs is 3. The van der Waals surface area contributed by atoms with Gasteiger partial charge in [0, 0.05) is 49.1 Å². The van der Waals surface area contributed by atoms with Gasteiger partial charge in [-0.1, -0.05) is 18.2 Å². The van der Waals surface area contributed by atoms with Crippen molar-refractivity contribution >= 4 is 28.5 Å². The van der Waals surface area contributed by atoms with E-state index in [2.05, 4.69) is 22.3 Å². The van der Waals surface area contributed by atoms with Crippen LogP contribution in [0.25, 0.3) is 17.3 Å². The lowest BCUT2D eigenvalue weighted by Crippen LogP contribution is -2.38. The van der Waals surface area contributed by atoms with Crippen molar-refractivity contribution in [1.29, 1.82) is 0 Å². The number of carbonyl (C=O) groups is 1. The highest BCUT2D eigenvalue weighted by molar-refractivity contribution is 7.16. The zero-order valence-corrected chi connectivity index (χ0v) is 15.7. The largest absolute Gasteiger partial charge is 0.379 e. The fourth-order valence-electron chi connectivity index (χ4n) is 3.38. The first-order chi connectivity index (χ1) is 13.2. The van der Waals surface area contributed by atoms with E-state index in [-0.39, 0.29) is 0 Å². The average molecular weight is 386 g/mol. The lowest BCUT2D eigenvalue weighted by atomic mass is 10.1. The van der Waals surface area contributed by atoms with Crippen molar-refractivity contribution in [3.05, 3.63) is 40.3 Å². The molecule has 0 bridgehead atoms. The van der Waals surface area contributed by atoms with E-state index in [0.717, 1.165) is 67.8 Å². The predicted octanol–water partition coefficient (Wildman–Crippen LogP) is 1.98. The Kier molecular flexibility index (Phi) is 5.49. The number of amides is 1. The average Bonchev–Trinajstić information content (AvgIpc) is 3.23. The molecule has 0 radical (unpaired) electrons. The van der Waals surface area contributed by atoms with E-state index in [0.29, 0.717) is 0 Å². The van der Waals surface area contributed by atoms with Crippen molar-refractivity contribution in [3.63, 3.8) is 0 Å². The number of thiazole rings is 1. The molecule has 1 aliphatic carbocycles. The fourth-order valence-corrected chi connectivity index (χ4v) is 4.40. The number of hydrogen-bond acceptors (Lipinski definition) is 7. The molecular formula is C19H22N4O3S. The van der Waals surface area contributed by atoms with Gasteiger partial charge in [-0.05, 0) is 17.2 Å². The van der Waals surface area contributed by atoms with E-state index < -0.39 is 5.91 Å². The maximum atomic E-state index is 11.1. The van der Waals surface area contributed by atoms with Gasteiger partial charge in [0.05, 0.1) is 18.9 Å². The van der Waals surface area contributed by atoms with Crippen molar-refractivity contribution < 1.29 is 14.7 Å². The predicted molar refractivity (Wildman–Crippen MR) is 105 cm³/mol. The minimum atomic E-state index is -0.538. The third-order valence-corrected chi connectivity index (χ3v) is 5.79. The molecule has 1 fully saturated rings. The summed E-state index contributed by atoms with van der Waals surface area (Å²) in [6.45, 7) is 5.53. The van der Waals surface area contributed by atoms with Crippen LogP contribution in [0.3, 0.4) is 0 Å². The summed E-state index contributed by atoms with van der Waals surface area (Å²) in [5.41, 5.74) is 5.96. The molecule has 27 heavy (non-hydrogen) atoms. The Morgan fingerprint density at radius 1 is 1.37 bits per heavy atom. The van der Waals surface area contributed by atoms with Gasteiger partial charge in [0.15, 0.2) is 5.13 Å². The lowest BCUT2D eigenvalue weighted by molar-refractivity contribution is -0.124. The van der Waals surface area contributed by atoms with Gasteiger partial charge in [-0.2, -0.15) is 0 Å². The van der Waals surface area contributed by atoms with E-state index in [9.17, 15) is 4.79 Å². The molecule has 4 rings (SSSR count). The molecule has 1 aromatic carbocycles. The first-order valence-corrected chi connectivity index (χ1v) is 9.84. The van der Waals surface area contributed by atoms with Gasteiger partial charge in [0.25, 0.3) is 5.91 Å². The standard InChI is InChI=1S/C19H22N4O3S/c24-17(22-25)4-2-13-1-3-15-14(11-13)12-16-18(15)21-19(27-16)20-5-6-23-7-9-26-10-8-23/h1-4,11,25H,5-10,12H2,(H,20,21)(H,22,24)/b4-2+. The number of hydrogen-bond donors (Lipinski definition) is 3. The second-order valence-electron chi connectivity index (χ2n) is 6.57. The van der Waals surface area contributed by atoms with E-state index in [1.165, 1.54) is 16.5 Å². The van der Waals surface area contributed by atoms with Crippen LogP contribution in [0.1, 0.15) is 16.0 Å². The Morgan fingerprint density at radius 2 is 2.22 bits per heavy atom. The third-order valence-electron chi connectivity index (χ3n) is 4.78. The molecule has 2 aliphatic rings. The summed E-state index contributed by atoms with van der Waals surface area (Å²) >= 11 is 1.71. The summed E-state index contributed by atoms with van der Waals surface area (Å²) in [4.78, 5) is 19.6. The molecule has 1 aromatic heterocycles. The van der Waals surface area contributed by atoms with Crippen LogP contribution < -0.4 is 10.8 Å². The van der Waals surface area contributed by atoms with Crippen LogP contribution in [-0.4, -0.2) is 60.4 Å². The van der Waals surface area contributed by atoms with Gasteiger partial charge in [-0.15, -0.1) is 11.3 Å². The van der Waals surface area contributed by atoms with E-state index in [1.54, 1.807) is 22.9 Å². The normalized spacial score (nSPS) is 16.3. The van der Waals surface area contributed by atoms with Crippen molar-refractivity contribution in [2.24, 2.45) is 0 Å². The number of hydroxylamine groups is 1. The van der Waals surface area contributed by atoms with Gasteiger partial charge >= 0.3 is 0 Å². The number of ether oxygens (including phenoxy) is 1. The number of aromatic nitrogens is 1. The summed E-state index contributed by atoms with van der Waals surface area (Å²) < 4.78 is 5.37. The van der Waals surface area contributed by atoms with Gasteiger partial charge < -0.3 is 10.1 Å². The zero-order chi connectivity index (χ0) is 18.6. The molecule has 0 unspecified atom stereocenters. The number of benzene rings is 1. The molecule has 2 aromatic rings. The van der Waals surface area contributed by atoms with Crippen molar-refractivity contribution in [2.75, 3.05) is 44.7 Å². The highest BCUT2D eigenvalue weighted by atomic mass is 32.1. The number of carbonyl (C=O) groups excluding carboxylic acids is 1. The van der Waals surface area contributed by atoms with Gasteiger partial charge in [0.1, 0.15) is 0 Å². The van der Waals surface area contributed by atoms with Crippen molar-refractivity contribution in [2.45, 2.75) is 6.42 Å². The molecular weight excluding hydrogens is 364 g/mol. The van der Waals surface area contributed by atoms with Crippen LogP contribution in [0, 0.1) is 0 Å². The molecule has 7 nitrogen and oxygen atoms in total. The smallest absolute Gasteiger partial charge is 0.267 e. The Labute approximate surface area is 161 Å². The molecule has 3 N–H and O–H groups in total. The summed E-state index contributed by atoms with van der Waals surface area (Å²) in [5, 5.41) is 13.0. The van der Waals surface area contributed by atoms with Crippen molar-refractivity contribution in [1.82, 2.24) is 15.4 Å². The first kappa shape index (κ1) is 18.1. The second kappa shape index (κ2) is 8.18. The highest BCUT2D eigenvalue weighted by Crippen LogP contribution is 2.41. The molecule has 1 saturated heterocycles. The number of rotatable bonds is 6. The van der Waals surface area contributed by atoms with Gasteiger partial charge in [-0.3, -0.25) is 14.9 Å². The quantitative estimate of drug-likeness (QED) is 0.341. The molecule has 0 saturated carbocycles. The minimum Gasteiger partial charge on any atom is -0.379 e. The van der Waals surface area contributed by atoms with Crippen LogP contribution in [-0.2, 0) is 16.0 Å². The number of anilines is 1. The SMILES string of the molecule is O=C(/C=C/c1ccc2c(c1)Cc1sc(NCCN3CCOCC3)nc1-2)NO. The highest BCUT2D eigenvalue weighted by Gasteiger charge is 2.23. The summed E-state index contributed by atoms with van der Waals surface area (Å²) in [6.07, 6.45) is 3.85. The summed E-state index contributed by atoms with van der Waals surface area (Å²) in [5.74, 6) is -0.538. The Hall–Kier alpha value is -2.26. The molecule has 1 amide bonds. The van der Waals surface area contributed by atoms with Gasteiger partial charge in [0.2, 0.25) is 0 Å². The fraction of sp³-hybridized carbons (Fsp3) is 0.368. The van der Waals surface area contributed by atoms with E-state index in [4.69, 9.17) is 14.9 Å². The van der Waals surface area contributed by atoms with Crippen LogP contribution >= 0.6 is 11.3 Å². The second-order valence-corrected chi connectivity index (χ2v) is 7.66. The van der Waals surface area contributed by atoms with Gasteiger partial charge in [-0.25, -0.2) is 10.5 Å². The maximum Gasteiger partial charge on any atom is 0.267 e. The lowest BCUT2D eigenvalue weighted by Gasteiger charge is -2.26. The number of nitrogens with one attached hydrogen (secondary N) is 2.